The normalized spacial score (nSPS) is 22.7. The van der Waals surface area contributed by atoms with Crippen LogP contribution in [0.1, 0.15) is 68.9 Å². The zero-order valence-electron chi connectivity index (χ0n) is 17.2. The van der Waals surface area contributed by atoms with Gasteiger partial charge in [0.05, 0.1) is 12.2 Å². The van der Waals surface area contributed by atoms with Crippen LogP contribution in [0.4, 0.5) is 0 Å². The summed E-state index contributed by atoms with van der Waals surface area (Å²) in [4.78, 5) is 22.8. The lowest BCUT2D eigenvalue weighted by atomic mass is 9.85. The number of hydrogen-bond donors (Lipinski definition) is 4. The van der Waals surface area contributed by atoms with E-state index in [2.05, 4.69) is 0 Å². The number of aliphatic hydroxyl groups is 2. The Morgan fingerprint density at radius 3 is 2.59 bits per heavy atom. The molecule has 0 amide bonds. The van der Waals surface area contributed by atoms with Crippen molar-refractivity contribution in [3.63, 3.8) is 0 Å². The predicted molar refractivity (Wildman–Crippen MR) is 110 cm³/mol. The second kappa shape index (κ2) is 11.3. The summed E-state index contributed by atoms with van der Waals surface area (Å²) in [6.07, 6.45) is 4.75. The van der Waals surface area contributed by atoms with E-state index in [1.807, 2.05) is 13.0 Å². The van der Waals surface area contributed by atoms with E-state index in [1.165, 1.54) is 0 Å². The lowest BCUT2D eigenvalue weighted by molar-refractivity contribution is -0.137. The highest BCUT2D eigenvalue weighted by molar-refractivity contribution is 5.84. The van der Waals surface area contributed by atoms with E-state index >= 15 is 0 Å². The predicted octanol–water partition coefficient (Wildman–Crippen LogP) is 3.38. The van der Waals surface area contributed by atoms with Crippen molar-refractivity contribution in [3.8, 4) is 5.75 Å². The standard InChI is InChI=1S/C23H34O6/c1-15-12-16(8-11-20(15)25)13-17(24)9-10-19-18(21(26)14-22(19)27)6-4-2-3-5-7-23(28)29/h8,11-12,17-19,22,24-25,27H,2-7,9-10,13-14H2,1H3,(H,28,29)/t17-,18+,19+,22+/m0/s1. The molecule has 6 heteroatoms. The Hall–Kier alpha value is -1.92. The third-order valence-electron chi connectivity index (χ3n) is 6.06. The first-order valence-corrected chi connectivity index (χ1v) is 10.7. The van der Waals surface area contributed by atoms with E-state index < -0.39 is 18.2 Å². The summed E-state index contributed by atoms with van der Waals surface area (Å²) in [6, 6.07) is 5.29. The minimum absolute atomic E-state index is 0.108. The number of carboxylic acid groups (broad SMARTS) is 1. The molecule has 0 aliphatic heterocycles. The van der Waals surface area contributed by atoms with Crippen LogP contribution in [-0.4, -0.2) is 44.4 Å². The van der Waals surface area contributed by atoms with E-state index in [0.717, 1.165) is 36.8 Å². The molecule has 1 saturated carbocycles. The van der Waals surface area contributed by atoms with Crippen molar-refractivity contribution in [1.82, 2.24) is 0 Å². The second-order valence-corrected chi connectivity index (χ2v) is 8.41. The van der Waals surface area contributed by atoms with Crippen molar-refractivity contribution in [2.24, 2.45) is 11.8 Å². The highest BCUT2D eigenvalue weighted by Gasteiger charge is 2.40. The van der Waals surface area contributed by atoms with Crippen LogP contribution in [0.15, 0.2) is 18.2 Å². The third kappa shape index (κ3) is 7.44. The van der Waals surface area contributed by atoms with Crippen molar-refractivity contribution in [3.05, 3.63) is 29.3 Å². The fourth-order valence-electron chi connectivity index (χ4n) is 4.38. The number of hydrogen-bond acceptors (Lipinski definition) is 5. The Morgan fingerprint density at radius 2 is 1.90 bits per heavy atom. The molecule has 0 spiro atoms. The fraction of sp³-hybridized carbons (Fsp3) is 0.652. The molecule has 0 aromatic heterocycles. The molecule has 2 rings (SSSR count). The number of phenols is 1. The number of aliphatic carboxylic acids is 1. The van der Waals surface area contributed by atoms with E-state index in [4.69, 9.17) is 5.11 Å². The highest BCUT2D eigenvalue weighted by atomic mass is 16.4. The number of unbranched alkanes of at least 4 members (excludes halogenated alkanes) is 3. The number of carbonyl (C=O) groups is 2. The molecule has 0 saturated heterocycles. The van der Waals surface area contributed by atoms with Crippen molar-refractivity contribution in [2.45, 2.75) is 83.3 Å². The number of benzene rings is 1. The van der Waals surface area contributed by atoms with Gasteiger partial charge in [0.25, 0.3) is 0 Å². The molecular formula is C23H34O6. The first kappa shape index (κ1) is 23.4. The van der Waals surface area contributed by atoms with Gasteiger partial charge in [0.1, 0.15) is 11.5 Å². The van der Waals surface area contributed by atoms with Gasteiger partial charge in [-0.1, -0.05) is 31.4 Å². The van der Waals surface area contributed by atoms with Gasteiger partial charge in [-0.25, -0.2) is 0 Å². The Balaban J connectivity index is 1.77. The van der Waals surface area contributed by atoms with Crippen LogP contribution >= 0.6 is 0 Å². The fourth-order valence-corrected chi connectivity index (χ4v) is 4.38. The molecule has 29 heavy (non-hydrogen) atoms. The minimum Gasteiger partial charge on any atom is -0.508 e. The molecule has 1 fully saturated rings. The summed E-state index contributed by atoms with van der Waals surface area (Å²) in [5.41, 5.74) is 1.73. The Kier molecular flexibility index (Phi) is 9.11. The molecule has 0 radical (unpaired) electrons. The maximum atomic E-state index is 12.3. The van der Waals surface area contributed by atoms with Gasteiger partial charge >= 0.3 is 5.97 Å². The zero-order chi connectivity index (χ0) is 21.4. The van der Waals surface area contributed by atoms with Crippen molar-refractivity contribution >= 4 is 11.8 Å². The lowest BCUT2D eigenvalue weighted by Crippen LogP contribution is -2.23. The molecule has 6 nitrogen and oxygen atoms in total. The van der Waals surface area contributed by atoms with Crippen LogP contribution in [-0.2, 0) is 16.0 Å². The van der Waals surface area contributed by atoms with E-state index in [0.29, 0.717) is 25.7 Å². The molecular weight excluding hydrogens is 372 g/mol. The Morgan fingerprint density at radius 1 is 1.17 bits per heavy atom. The minimum atomic E-state index is -0.778. The van der Waals surface area contributed by atoms with Crippen molar-refractivity contribution in [2.75, 3.05) is 0 Å². The average Bonchev–Trinajstić information content (AvgIpc) is 2.92. The van der Waals surface area contributed by atoms with Crippen molar-refractivity contribution in [1.29, 1.82) is 0 Å². The largest absolute Gasteiger partial charge is 0.508 e. The summed E-state index contributed by atoms with van der Waals surface area (Å²) in [7, 11) is 0. The van der Waals surface area contributed by atoms with Crippen molar-refractivity contribution < 1.29 is 30.0 Å². The molecule has 0 bridgehead atoms. The van der Waals surface area contributed by atoms with E-state index in [1.54, 1.807) is 12.1 Å². The molecule has 162 valence electrons. The van der Waals surface area contributed by atoms with Gasteiger partial charge in [-0.05, 0) is 62.1 Å². The van der Waals surface area contributed by atoms with E-state index in [9.17, 15) is 24.9 Å². The quantitative estimate of drug-likeness (QED) is 0.396. The number of carbonyl (C=O) groups excluding carboxylic acids is 1. The van der Waals surface area contributed by atoms with Crippen LogP contribution in [0.5, 0.6) is 5.75 Å². The van der Waals surface area contributed by atoms with Gasteiger partial charge in [0.15, 0.2) is 0 Å². The molecule has 0 heterocycles. The second-order valence-electron chi connectivity index (χ2n) is 8.41. The van der Waals surface area contributed by atoms with Gasteiger partial charge < -0.3 is 20.4 Å². The summed E-state index contributed by atoms with van der Waals surface area (Å²) >= 11 is 0. The molecule has 1 aliphatic carbocycles. The summed E-state index contributed by atoms with van der Waals surface area (Å²) in [5, 5.41) is 39.0. The zero-order valence-corrected chi connectivity index (χ0v) is 17.2. The maximum absolute atomic E-state index is 12.3. The van der Waals surface area contributed by atoms with Crippen LogP contribution in [0.3, 0.4) is 0 Å². The summed E-state index contributed by atoms with van der Waals surface area (Å²) in [5.74, 6) is -0.705. The monoisotopic (exact) mass is 406 g/mol. The Labute approximate surface area is 172 Å². The molecule has 4 N–H and O–H groups in total. The first-order chi connectivity index (χ1) is 13.8. The number of aryl methyl sites for hydroxylation is 1. The number of aromatic hydroxyl groups is 1. The summed E-state index contributed by atoms with van der Waals surface area (Å²) < 4.78 is 0. The maximum Gasteiger partial charge on any atom is 0.303 e. The number of Topliss-reactive ketones (excluding diaryl/α,β-unsaturated/α-hetero) is 1. The van der Waals surface area contributed by atoms with Crippen LogP contribution < -0.4 is 0 Å². The van der Waals surface area contributed by atoms with Crippen LogP contribution in [0, 0.1) is 18.8 Å². The highest BCUT2D eigenvalue weighted by Crippen LogP contribution is 2.36. The Bertz CT molecular complexity index is 686. The van der Waals surface area contributed by atoms with Gasteiger partial charge in [-0.3, -0.25) is 9.59 Å². The number of aliphatic hydroxyl groups excluding tert-OH is 2. The molecule has 0 unspecified atom stereocenters. The third-order valence-corrected chi connectivity index (χ3v) is 6.06. The molecule has 1 aromatic rings. The molecule has 1 aliphatic rings. The molecule has 4 atom stereocenters. The van der Waals surface area contributed by atoms with Gasteiger partial charge in [-0.2, -0.15) is 0 Å². The van der Waals surface area contributed by atoms with Gasteiger partial charge in [0.2, 0.25) is 0 Å². The first-order valence-electron chi connectivity index (χ1n) is 10.7. The number of ketones is 1. The SMILES string of the molecule is Cc1cc(C[C@@H](O)CC[C@H]2[C@H](O)CC(=O)[C@@H]2CCCCCCC(=O)O)ccc1O. The van der Waals surface area contributed by atoms with Crippen LogP contribution in [0.25, 0.3) is 0 Å². The summed E-state index contributed by atoms with van der Waals surface area (Å²) in [6.45, 7) is 1.82. The van der Waals surface area contributed by atoms with Crippen LogP contribution in [0.2, 0.25) is 0 Å². The van der Waals surface area contributed by atoms with Gasteiger partial charge in [0, 0.05) is 18.8 Å². The topological polar surface area (TPSA) is 115 Å². The number of phenolic OH excluding ortho intramolecular Hbond substituents is 1. The number of carboxylic acids is 1. The average molecular weight is 407 g/mol. The smallest absolute Gasteiger partial charge is 0.303 e. The number of rotatable bonds is 12. The van der Waals surface area contributed by atoms with Gasteiger partial charge in [-0.15, -0.1) is 0 Å². The van der Waals surface area contributed by atoms with E-state index in [-0.39, 0.29) is 36.2 Å². The molecule has 1 aromatic carbocycles. The lowest BCUT2D eigenvalue weighted by Gasteiger charge is -2.22.